The van der Waals surface area contributed by atoms with Gasteiger partial charge in [-0.1, -0.05) is 6.92 Å². The van der Waals surface area contributed by atoms with E-state index in [1.807, 2.05) is 0 Å². The number of fused-ring (bicyclic) bond motifs is 5. The van der Waals surface area contributed by atoms with E-state index in [0.717, 1.165) is 24.8 Å². The third kappa shape index (κ3) is 3.93. The van der Waals surface area contributed by atoms with Crippen molar-refractivity contribution in [2.45, 2.75) is 120 Å². The smallest absolute Gasteiger partial charge is 0.331 e. The first-order valence-corrected chi connectivity index (χ1v) is 15.1. The normalized spacial score (nSPS) is 54.2. The molecule has 10 heteroatoms. The second-order valence-corrected chi connectivity index (χ2v) is 13.8. The Morgan fingerprint density at radius 2 is 1.77 bits per heavy atom. The Kier molecular flexibility index (Phi) is 7.23. The number of carbonyl (C=O) groups excluding carboxylic acids is 1. The molecule has 6 rings (SSSR count). The van der Waals surface area contributed by atoms with E-state index in [9.17, 15) is 30.3 Å². The Hall–Kier alpha value is -1.11. The van der Waals surface area contributed by atoms with E-state index in [4.69, 9.17) is 18.9 Å². The fraction of sp³-hybridized carbons (Fsp3) is 0.900. The summed E-state index contributed by atoms with van der Waals surface area (Å²) in [6.07, 6.45) is 2.04. The van der Waals surface area contributed by atoms with Crippen molar-refractivity contribution in [3.05, 3.63) is 11.6 Å². The molecule has 13 atom stereocenters. The van der Waals surface area contributed by atoms with Crippen LogP contribution in [0.25, 0.3) is 0 Å². The Morgan fingerprint density at radius 3 is 2.45 bits per heavy atom. The molecule has 4 aliphatic carbocycles. The van der Waals surface area contributed by atoms with Gasteiger partial charge in [0.2, 0.25) is 0 Å². The molecule has 0 amide bonds. The summed E-state index contributed by atoms with van der Waals surface area (Å²) < 4.78 is 22.5. The second-order valence-electron chi connectivity index (χ2n) is 13.8. The Morgan fingerprint density at radius 1 is 1.02 bits per heavy atom. The van der Waals surface area contributed by atoms with E-state index in [1.54, 1.807) is 13.0 Å². The van der Waals surface area contributed by atoms with E-state index < -0.39 is 58.8 Å². The molecule has 0 bridgehead atoms. The van der Waals surface area contributed by atoms with Gasteiger partial charge < -0.3 is 44.5 Å². The van der Waals surface area contributed by atoms with Crippen LogP contribution in [0, 0.1) is 28.6 Å². The molecule has 0 aromatic heterocycles. The van der Waals surface area contributed by atoms with Crippen LogP contribution in [0.1, 0.15) is 71.6 Å². The summed E-state index contributed by atoms with van der Waals surface area (Å²) in [4.78, 5) is 11.8. The van der Waals surface area contributed by atoms with Gasteiger partial charge >= 0.3 is 5.97 Å². The highest BCUT2D eigenvalue weighted by molar-refractivity contribution is 5.85. The monoisotopic (exact) mass is 566 g/mol. The fourth-order valence-electron chi connectivity index (χ4n) is 10.2. The number of carbonyl (C=O) groups is 1. The fourth-order valence-corrected chi connectivity index (χ4v) is 10.2. The van der Waals surface area contributed by atoms with Gasteiger partial charge in [-0.15, -0.1) is 0 Å². The highest BCUT2D eigenvalue weighted by Crippen LogP contribution is 2.70. The molecule has 0 spiro atoms. The largest absolute Gasteiger partial charge is 0.458 e. The molecule has 0 aromatic rings. The van der Waals surface area contributed by atoms with Crippen molar-refractivity contribution in [1.82, 2.24) is 0 Å². The lowest BCUT2D eigenvalue weighted by Gasteiger charge is -2.66. The summed E-state index contributed by atoms with van der Waals surface area (Å²) in [7, 11) is 1.43. The molecule has 1 saturated heterocycles. The molecule has 5 N–H and O–H groups in total. The first kappa shape index (κ1) is 29.0. The molecule has 4 saturated carbocycles. The minimum absolute atomic E-state index is 0.0472. The van der Waals surface area contributed by atoms with Gasteiger partial charge in [-0.25, -0.2) is 4.79 Å². The first-order valence-electron chi connectivity index (χ1n) is 15.1. The molecular formula is C30H46O10. The Labute approximate surface area is 235 Å². The molecule has 2 aliphatic heterocycles. The molecular weight excluding hydrogens is 520 g/mol. The van der Waals surface area contributed by atoms with Crippen molar-refractivity contribution >= 4 is 5.97 Å². The van der Waals surface area contributed by atoms with Crippen molar-refractivity contribution in [2.24, 2.45) is 28.6 Å². The Bertz CT molecular complexity index is 1030. The van der Waals surface area contributed by atoms with Crippen LogP contribution in [0.2, 0.25) is 0 Å². The number of hydrogen-bond acceptors (Lipinski definition) is 10. The zero-order chi connectivity index (χ0) is 28.7. The minimum atomic E-state index is -1.19. The second kappa shape index (κ2) is 9.98. The molecule has 0 aromatic carbocycles. The Balaban J connectivity index is 1.21. The van der Waals surface area contributed by atoms with Crippen LogP contribution in [-0.4, -0.2) is 99.8 Å². The van der Waals surface area contributed by atoms with E-state index in [1.165, 1.54) is 7.11 Å². The van der Waals surface area contributed by atoms with Crippen LogP contribution in [0.5, 0.6) is 0 Å². The summed E-state index contributed by atoms with van der Waals surface area (Å²) in [5.74, 6) is -0.334. The van der Waals surface area contributed by atoms with Crippen LogP contribution in [-0.2, 0) is 23.7 Å². The summed E-state index contributed by atoms with van der Waals surface area (Å²) >= 11 is 0. The number of rotatable bonds is 5. The predicted octanol–water partition coefficient (Wildman–Crippen LogP) is 1.20. The minimum Gasteiger partial charge on any atom is -0.458 e. The summed E-state index contributed by atoms with van der Waals surface area (Å²) in [5, 5.41) is 56.7. The lowest BCUT2D eigenvalue weighted by atomic mass is 9.41. The summed E-state index contributed by atoms with van der Waals surface area (Å²) in [6.45, 7) is 3.99. The number of aliphatic hydroxyl groups is 5. The van der Waals surface area contributed by atoms with Crippen molar-refractivity contribution < 1.29 is 49.3 Å². The van der Waals surface area contributed by atoms with Crippen molar-refractivity contribution in [3.63, 3.8) is 0 Å². The zero-order valence-electron chi connectivity index (χ0n) is 23.8. The molecule has 2 heterocycles. The van der Waals surface area contributed by atoms with Gasteiger partial charge in [0.15, 0.2) is 6.29 Å². The highest BCUT2D eigenvalue weighted by atomic mass is 16.7. The summed E-state index contributed by atoms with van der Waals surface area (Å²) in [5.41, 5.74) is -2.31. The molecule has 6 aliphatic rings. The number of esters is 1. The average molecular weight is 567 g/mol. The first-order chi connectivity index (χ1) is 18.9. The highest BCUT2D eigenvalue weighted by Gasteiger charge is 2.71. The topological polar surface area (TPSA) is 155 Å². The van der Waals surface area contributed by atoms with E-state index in [-0.39, 0.29) is 30.3 Å². The van der Waals surface area contributed by atoms with Gasteiger partial charge in [-0.3, -0.25) is 0 Å². The standard InChI is InChI=1S/C30H46O10/c1-16-23(33)25(37-3)24(34)26(39-16)40-18-4-9-28(15-31)20-5-8-27(2)19(17-12-22(32)38-14-17)7-11-30(27,36)21(20)6-10-29(28,35)13-18/h12,16,18-21,23-26,31,33-36H,4-11,13-15H2,1-3H3/t16-,18+,19-,20+,21-,23-,24-,25+,26+,27-,28+,29-,30+/m1/s1. The van der Waals surface area contributed by atoms with Crippen LogP contribution in [0.3, 0.4) is 0 Å². The quantitative estimate of drug-likeness (QED) is 0.242. The van der Waals surface area contributed by atoms with E-state index >= 15 is 0 Å². The molecule has 5 fully saturated rings. The van der Waals surface area contributed by atoms with Crippen molar-refractivity contribution in [1.29, 1.82) is 0 Å². The van der Waals surface area contributed by atoms with Gasteiger partial charge in [0.1, 0.15) is 24.9 Å². The zero-order valence-corrected chi connectivity index (χ0v) is 23.8. The number of methoxy groups -OCH3 is 1. The van der Waals surface area contributed by atoms with Crippen molar-refractivity contribution in [2.75, 3.05) is 20.3 Å². The van der Waals surface area contributed by atoms with E-state index in [0.29, 0.717) is 45.1 Å². The van der Waals surface area contributed by atoms with Gasteiger partial charge in [-0.05, 0) is 81.6 Å². The lowest BCUT2D eigenvalue weighted by molar-refractivity contribution is -0.324. The molecule has 40 heavy (non-hydrogen) atoms. The van der Waals surface area contributed by atoms with Gasteiger partial charge in [0.25, 0.3) is 0 Å². The molecule has 10 nitrogen and oxygen atoms in total. The van der Waals surface area contributed by atoms with Crippen LogP contribution >= 0.6 is 0 Å². The number of ether oxygens (including phenoxy) is 4. The maximum Gasteiger partial charge on any atom is 0.331 e. The third-order valence-electron chi connectivity index (χ3n) is 12.4. The predicted molar refractivity (Wildman–Crippen MR) is 141 cm³/mol. The molecule has 0 unspecified atom stereocenters. The van der Waals surface area contributed by atoms with Crippen molar-refractivity contribution in [3.8, 4) is 0 Å². The number of hydrogen-bond donors (Lipinski definition) is 5. The summed E-state index contributed by atoms with van der Waals surface area (Å²) in [6, 6.07) is 0. The van der Waals surface area contributed by atoms with E-state index in [2.05, 4.69) is 6.92 Å². The lowest BCUT2D eigenvalue weighted by Crippen LogP contribution is -2.69. The van der Waals surface area contributed by atoms with Gasteiger partial charge in [-0.2, -0.15) is 0 Å². The average Bonchev–Trinajstić information content (AvgIpc) is 3.46. The maximum absolute atomic E-state index is 12.4. The van der Waals surface area contributed by atoms with Crippen LogP contribution < -0.4 is 0 Å². The van der Waals surface area contributed by atoms with Gasteiger partial charge in [0.05, 0.1) is 30.0 Å². The van der Waals surface area contributed by atoms with Gasteiger partial charge in [0, 0.05) is 30.4 Å². The maximum atomic E-state index is 12.4. The van der Waals surface area contributed by atoms with Crippen LogP contribution in [0.15, 0.2) is 11.6 Å². The van der Waals surface area contributed by atoms with Crippen LogP contribution in [0.4, 0.5) is 0 Å². The SMILES string of the molecule is CO[C@@H]1[C@@H](O)[C@H](O[C@H]2CC[C@]3(CO)[C@H]4CC[C@]5(C)[C@@H](C6=CC(=O)OC6)CC[C@]5(O)[C@@H]4CC[C@@]3(O)C2)O[C@H](C)[C@H]1O. The molecule has 0 radical (unpaired) electrons. The third-order valence-corrected chi connectivity index (χ3v) is 12.4. The number of aliphatic hydroxyl groups excluding tert-OH is 3. The molecule has 226 valence electrons. The number of cyclic esters (lactones) is 1.